The molecule has 1 nitrogen and oxygen atoms in total. The summed E-state index contributed by atoms with van der Waals surface area (Å²) < 4.78 is 0. The first kappa shape index (κ1) is 14.6. The van der Waals surface area contributed by atoms with E-state index >= 15 is 0 Å². The van der Waals surface area contributed by atoms with Crippen molar-refractivity contribution in [2.45, 2.75) is 59.8 Å². The van der Waals surface area contributed by atoms with Crippen molar-refractivity contribution < 1.29 is 4.79 Å². The maximum Gasteiger partial charge on any atom is 0.152 e. The smallest absolute Gasteiger partial charge is 0.152 e. The Hall–Kier alpha value is -0.850. The predicted molar refractivity (Wildman–Crippen MR) is 80.9 cm³/mol. The van der Waals surface area contributed by atoms with Gasteiger partial charge in [0, 0.05) is 5.92 Å². The van der Waals surface area contributed by atoms with Gasteiger partial charge in [-0.15, -0.1) is 0 Å². The van der Waals surface area contributed by atoms with E-state index in [2.05, 4.69) is 33.4 Å². The van der Waals surface area contributed by atoms with Crippen LogP contribution < -0.4 is 0 Å². The van der Waals surface area contributed by atoms with Crippen LogP contribution >= 0.6 is 0 Å². The van der Waals surface area contributed by atoms with E-state index in [0.29, 0.717) is 16.7 Å². The minimum absolute atomic E-state index is 0.147. The Morgan fingerprint density at radius 1 is 1.32 bits per heavy atom. The van der Waals surface area contributed by atoms with Gasteiger partial charge in [-0.05, 0) is 55.4 Å². The second-order valence-corrected chi connectivity index (χ2v) is 7.54. The molecular formula is C18H28O. The zero-order valence-electron chi connectivity index (χ0n) is 13.0. The predicted octanol–water partition coefficient (Wildman–Crippen LogP) is 4.93. The molecule has 0 unspecified atom stereocenters. The minimum atomic E-state index is 0.147. The molecule has 0 aromatic heterocycles. The molecule has 2 fully saturated rings. The van der Waals surface area contributed by atoms with Gasteiger partial charge in [-0.2, -0.15) is 0 Å². The zero-order valence-corrected chi connectivity index (χ0v) is 13.0. The lowest BCUT2D eigenvalue weighted by atomic mass is 9.47. The highest BCUT2D eigenvalue weighted by molar-refractivity contribution is 5.87. The molecule has 2 aliphatic rings. The first-order valence-electron chi connectivity index (χ1n) is 7.64. The average molecular weight is 260 g/mol. The molecule has 2 saturated carbocycles. The van der Waals surface area contributed by atoms with E-state index in [1.807, 2.05) is 0 Å². The molecule has 0 aromatic carbocycles. The number of allylic oxidation sites excluding steroid dienone is 3. The van der Waals surface area contributed by atoms with Crippen LogP contribution in [0.3, 0.4) is 0 Å². The molecule has 0 aromatic rings. The van der Waals surface area contributed by atoms with E-state index in [9.17, 15) is 4.79 Å². The molecule has 3 atom stereocenters. The van der Waals surface area contributed by atoms with Crippen molar-refractivity contribution in [2.24, 2.45) is 22.7 Å². The molecule has 19 heavy (non-hydrogen) atoms. The van der Waals surface area contributed by atoms with Gasteiger partial charge in [0.1, 0.15) is 0 Å². The van der Waals surface area contributed by atoms with E-state index in [4.69, 9.17) is 0 Å². The van der Waals surface area contributed by atoms with Crippen molar-refractivity contribution in [1.82, 2.24) is 0 Å². The SMILES string of the molecule is C=C1CC[C@@H]2C(C)(C)CCC[C@@]2(C)[C@@H]1C=CC(C)=O. The Kier molecular flexibility index (Phi) is 3.77. The van der Waals surface area contributed by atoms with E-state index < -0.39 is 0 Å². The summed E-state index contributed by atoms with van der Waals surface area (Å²) >= 11 is 0. The molecule has 0 saturated heterocycles. The van der Waals surface area contributed by atoms with Crippen molar-refractivity contribution in [3.8, 4) is 0 Å². The van der Waals surface area contributed by atoms with Gasteiger partial charge in [-0.3, -0.25) is 4.79 Å². The van der Waals surface area contributed by atoms with Crippen LogP contribution in [0.25, 0.3) is 0 Å². The topological polar surface area (TPSA) is 17.1 Å². The lowest BCUT2D eigenvalue weighted by molar-refractivity contribution is -0.112. The fourth-order valence-corrected chi connectivity index (χ4v) is 4.80. The summed E-state index contributed by atoms with van der Waals surface area (Å²) in [5.41, 5.74) is 2.05. The largest absolute Gasteiger partial charge is 0.295 e. The molecule has 2 aliphatic carbocycles. The summed E-state index contributed by atoms with van der Waals surface area (Å²) in [4.78, 5) is 11.3. The summed E-state index contributed by atoms with van der Waals surface area (Å²) in [6, 6.07) is 0. The monoisotopic (exact) mass is 260 g/mol. The van der Waals surface area contributed by atoms with Gasteiger partial charge in [0.15, 0.2) is 5.78 Å². The van der Waals surface area contributed by atoms with Crippen molar-refractivity contribution in [1.29, 1.82) is 0 Å². The van der Waals surface area contributed by atoms with Crippen LogP contribution in [0.1, 0.15) is 59.8 Å². The molecule has 0 amide bonds. The molecule has 0 spiro atoms. The van der Waals surface area contributed by atoms with Crippen molar-refractivity contribution in [3.05, 3.63) is 24.3 Å². The number of rotatable bonds is 2. The standard InChI is InChI=1S/C18H28O/c1-13-7-10-16-17(3,4)11-6-12-18(16,5)15(13)9-8-14(2)19/h8-9,15-16H,1,6-7,10-12H2,2-5H3/t15-,16-,18+/m1/s1. The van der Waals surface area contributed by atoms with Gasteiger partial charge >= 0.3 is 0 Å². The third kappa shape index (κ3) is 2.57. The summed E-state index contributed by atoms with van der Waals surface area (Å²) in [6.07, 6.45) is 10.2. The summed E-state index contributed by atoms with van der Waals surface area (Å²) in [5, 5.41) is 0. The summed E-state index contributed by atoms with van der Waals surface area (Å²) in [6.45, 7) is 13.2. The second kappa shape index (κ2) is 4.92. The van der Waals surface area contributed by atoms with Crippen LogP contribution in [0.4, 0.5) is 0 Å². The summed E-state index contributed by atoms with van der Waals surface area (Å²) in [5.74, 6) is 1.28. The first-order valence-corrected chi connectivity index (χ1v) is 7.64. The molecule has 106 valence electrons. The highest BCUT2D eigenvalue weighted by Crippen LogP contribution is 2.61. The second-order valence-electron chi connectivity index (χ2n) is 7.54. The third-order valence-corrected chi connectivity index (χ3v) is 5.70. The number of ketones is 1. The van der Waals surface area contributed by atoms with Crippen molar-refractivity contribution in [2.75, 3.05) is 0 Å². The highest BCUT2D eigenvalue weighted by atomic mass is 16.1. The van der Waals surface area contributed by atoms with Gasteiger partial charge in [0.2, 0.25) is 0 Å². The van der Waals surface area contributed by atoms with Gasteiger partial charge in [0.25, 0.3) is 0 Å². The maximum absolute atomic E-state index is 11.3. The number of carbonyl (C=O) groups is 1. The number of fused-ring (bicyclic) bond motifs is 1. The van der Waals surface area contributed by atoms with E-state index in [1.165, 1.54) is 31.3 Å². The fourth-order valence-electron chi connectivity index (χ4n) is 4.80. The quantitative estimate of drug-likeness (QED) is 0.508. The van der Waals surface area contributed by atoms with Gasteiger partial charge in [-0.25, -0.2) is 0 Å². The Balaban J connectivity index is 2.35. The Morgan fingerprint density at radius 3 is 2.63 bits per heavy atom. The molecule has 2 rings (SSSR count). The molecule has 0 heterocycles. The molecule has 1 heteroatoms. The molecule has 0 N–H and O–H groups in total. The lowest BCUT2D eigenvalue weighted by Gasteiger charge is -2.57. The maximum atomic E-state index is 11.3. The highest BCUT2D eigenvalue weighted by Gasteiger charge is 2.52. The van der Waals surface area contributed by atoms with Crippen LogP contribution in [0, 0.1) is 22.7 Å². The molecule has 0 aliphatic heterocycles. The van der Waals surface area contributed by atoms with E-state index in [0.717, 1.165) is 12.3 Å². The average Bonchev–Trinajstić information content (AvgIpc) is 2.26. The van der Waals surface area contributed by atoms with E-state index in [-0.39, 0.29) is 5.78 Å². The third-order valence-electron chi connectivity index (χ3n) is 5.70. The molecule has 0 radical (unpaired) electrons. The molecule has 0 bridgehead atoms. The summed E-state index contributed by atoms with van der Waals surface area (Å²) in [7, 11) is 0. The van der Waals surface area contributed by atoms with E-state index in [1.54, 1.807) is 13.0 Å². The van der Waals surface area contributed by atoms with Crippen LogP contribution in [0.15, 0.2) is 24.3 Å². The van der Waals surface area contributed by atoms with Gasteiger partial charge in [-0.1, -0.05) is 45.4 Å². The van der Waals surface area contributed by atoms with Gasteiger partial charge < -0.3 is 0 Å². The Bertz CT molecular complexity index is 415. The number of carbonyl (C=O) groups excluding carboxylic acids is 1. The van der Waals surface area contributed by atoms with Crippen LogP contribution in [0.5, 0.6) is 0 Å². The zero-order chi connectivity index (χ0) is 14.3. The first-order chi connectivity index (χ1) is 8.77. The minimum Gasteiger partial charge on any atom is -0.295 e. The lowest BCUT2D eigenvalue weighted by Crippen LogP contribution is -2.48. The fraction of sp³-hybridized carbons (Fsp3) is 0.722. The number of hydrogen-bond donors (Lipinski definition) is 0. The van der Waals surface area contributed by atoms with Crippen molar-refractivity contribution in [3.63, 3.8) is 0 Å². The van der Waals surface area contributed by atoms with Crippen LogP contribution in [-0.2, 0) is 4.79 Å². The van der Waals surface area contributed by atoms with Gasteiger partial charge in [0.05, 0.1) is 0 Å². The van der Waals surface area contributed by atoms with Crippen LogP contribution in [0.2, 0.25) is 0 Å². The Morgan fingerprint density at radius 2 is 2.00 bits per heavy atom. The van der Waals surface area contributed by atoms with Crippen LogP contribution in [-0.4, -0.2) is 5.78 Å². The number of hydrogen-bond acceptors (Lipinski definition) is 1. The Labute approximate surface area is 118 Å². The molecular weight excluding hydrogens is 232 g/mol. The van der Waals surface area contributed by atoms with Crippen molar-refractivity contribution >= 4 is 5.78 Å². The normalized spacial score (nSPS) is 38.2.